The molecule has 0 bridgehead atoms. The van der Waals surface area contributed by atoms with Crippen LogP contribution in [0.2, 0.25) is 0 Å². The van der Waals surface area contributed by atoms with Gasteiger partial charge in [0, 0.05) is 18.0 Å². The van der Waals surface area contributed by atoms with Crippen molar-refractivity contribution in [3.63, 3.8) is 0 Å². The van der Waals surface area contributed by atoms with E-state index in [9.17, 15) is 4.79 Å². The van der Waals surface area contributed by atoms with Crippen LogP contribution in [-0.4, -0.2) is 20.4 Å². The summed E-state index contributed by atoms with van der Waals surface area (Å²) in [5.74, 6) is 3.20. The Morgan fingerprint density at radius 3 is 2.77 bits per heavy atom. The van der Waals surface area contributed by atoms with Crippen molar-refractivity contribution in [2.75, 3.05) is 0 Å². The molecule has 3 rings (SSSR count). The van der Waals surface area contributed by atoms with Crippen LogP contribution in [0.15, 0.2) is 48.8 Å². The monoisotopic (exact) mass is 290 g/mol. The molecule has 22 heavy (non-hydrogen) atoms. The first-order valence-electron chi connectivity index (χ1n) is 6.85. The summed E-state index contributed by atoms with van der Waals surface area (Å²) in [6, 6.07) is 11.1. The summed E-state index contributed by atoms with van der Waals surface area (Å²) >= 11 is 0. The molecule has 1 amide bonds. The van der Waals surface area contributed by atoms with Crippen molar-refractivity contribution >= 4 is 16.9 Å². The number of rotatable bonds is 4. The summed E-state index contributed by atoms with van der Waals surface area (Å²) in [4.78, 5) is 20.5. The molecule has 0 spiro atoms. The fraction of sp³-hybridized carbons (Fsp3) is 0.118. The van der Waals surface area contributed by atoms with E-state index >= 15 is 0 Å². The first kappa shape index (κ1) is 13.8. The van der Waals surface area contributed by atoms with E-state index in [4.69, 9.17) is 6.42 Å². The fourth-order valence-corrected chi connectivity index (χ4v) is 2.29. The molecule has 2 heterocycles. The van der Waals surface area contributed by atoms with Crippen LogP contribution in [0.25, 0.3) is 11.0 Å². The van der Waals surface area contributed by atoms with Gasteiger partial charge in [0.1, 0.15) is 5.82 Å². The van der Waals surface area contributed by atoms with Crippen molar-refractivity contribution in [2.45, 2.75) is 13.1 Å². The number of nitrogens with one attached hydrogen (secondary N) is 1. The summed E-state index contributed by atoms with van der Waals surface area (Å²) in [6.45, 7) is 0.735. The molecule has 108 valence electrons. The number of pyridine rings is 1. The third kappa shape index (κ3) is 2.67. The Bertz CT molecular complexity index is 846. The van der Waals surface area contributed by atoms with Gasteiger partial charge in [-0.3, -0.25) is 9.78 Å². The molecule has 0 aliphatic carbocycles. The van der Waals surface area contributed by atoms with Crippen LogP contribution in [0.4, 0.5) is 0 Å². The van der Waals surface area contributed by atoms with Gasteiger partial charge in [0.05, 0.1) is 24.1 Å². The van der Waals surface area contributed by atoms with E-state index in [1.807, 2.05) is 28.8 Å². The Kier molecular flexibility index (Phi) is 3.84. The summed E-state index contributed by atoms with van der Waals surface area (Å²) in [7, 11) is 0. The van der Waals surface area contributed by atoms with Crippen LogP contribution in [0, 0.1) is 12.3 Å². The minimum absolute atomic E-state index is 0.165. The smallest absolute Gasteiger partial charge is 0.251 e. The second kappa shape index (κ2) is 6.10. The second-order valence-electron chi connectivity index (χ2n) is 4.73. The number of terminal acetylenes is 1. The Balaban J connectivity index is 1.83. The summed E-state index contributed by atoms with van der Waals surface area (Å²) in [5, 5.41) is 2.86. The SMILES string of the molecule is C#CCn1c(CNC(=O)c2ccncc2)nc2ccccc21. The first-order valence-corrected chi connectivity index (χ1v) is 6.85. The third-order valence-corrected chi connectivity index (χ3v) is 3.33. The highest BCUT2D eigenvalue weighted by molar-refractivity contribution is 5.93. The largest absolute Gasteiger partial charge is 0.345 e. The van der Waals surface area contributed by atoms with Crippen LogP contribution in [-0.2, 0) is 13.1 Å². The maximum Gasteiger partial charge on any atom is 0.251 e. The average molecular weight is 290 g/mol. The van der Waals surface area contributed by atoms with Crippen molar-refractivity contribution in [3.05, 3.63) is 60.2 Å². The predicted octanol–water partition coefficient (Wildman–Crippen LogP) is 1.99. The molecule has 1 N–H and O–H groups in total. The van der Waals surface area contributed by atoms with Crippen molar-refractivity contribution in [2.24, 2.45) is 0 Å². The number of carbonyl (C=O) groups excluding carboxylic acids is 1. The Morgan fingerprint density at radius 2 is 2.00 bits per heavy atom. The van der Waals surface area contributed by atoms with Crippen LogP contribution in [0.5, 0.6) is 0 Å². The maximum absolute atomic E-state index is 12.1. The van der Waals surface area contributed by atoms with Gasteiger partial charge in [0.15, 0.2) is 0 Å². The standard InChI is InChI=1S/C17H14N4O/c1-2-11-21-15-6-4-3-5-14(15)20-16(21)12-19-17(22)13-7-9-18-10-8-13/h1,3-10H,11-12H2,(H,19,22). The summed E-state index contributed by atoms with van der Waals surface area (Å²) in [5.41, 5.74) is 2.40. The van der Waals surface area contributed by atoms with Gasteiger partial charge in [-0.05, 0) is 24.3 Å². The van der Waals surface area contributed by atoms with Gasteiger partial charge in [-0.2, -0.15) is 0 Å². The van der Waals surface area contributed by atoms with Gasteiger partial charge in [-0.25, -0.2) is 4.98 Å². The van der Waals surface area contributed by atoms with Gasteiger partial charge in [-0.15, -0.1) is 6.42 Å². The Labute approximate surface area is 128 Å². The van der Waals surface area contributed by atoms with E-state index in [-0.39, 0.29) is 5.91 Å². The first-order chi connectivity index (χ1) is 10.8. The van der Waals surface area contributed by atoms with E-state index in [2.05, 4.69) is 21.2 Å². The van der Waals surface area contributed by atoms with Crippen LogP contribution < -0.4 is 5.32 Å². The number of imidazole rings is 1. The topological polar surface area (TPSA) is 59.8 Å². The molecule has 0 unspecified atom stereocenters. The second-order valence-corrected chi connectivity index (χ2v) is 4.73. The van der Waals surface area contributed by atoms with E-state index < -0.39 is 0 Å². The number of hydrogen-bond donors (Lipinski definition) is 1. The Morgan fingerprint density at radius 1 is 1.23 bits per heavy atom. The number of para-hydroxylation sites is 2. The van der Waals surface area contributed by atoms with Crippen molar-refractivity contribution in [3.8, 4) is 12.3 Å². The zero-order chi connectivity index (χ0) is 15.4. The van der Waals surface area contributed by atoms with E-state index in [0.29, 0.717) is 18.7 Å². The van der Waals surface area contributed by atoms with Crippen LogP contribution in [0.3, 0.4) is 0 Å². The third-order valence-electron chi connectivity index (χ3n) is 3.33. The molecular weight excluding hydrogens is 276 g/mol. The number of benzene rings is 1. The molecular formula is C17H14N4O. The van der Waals surface area contributed by atoms with Crippen molar-refractivity contribution in [1.82, 2.24) is 19.9 Å². The zero-order valence-corrected chi connectivity index (χ0v) is 11.9. The normalized spacial score (nSPS) is 10.3. The van der Waals surface area contributed by atoms with Gasteiger partial charge in [0.2, 0.25) is 0 Å². The highest BCUT2D eigenvalue weighted by Crippen LogP contribution is 2.15. The fourth-order valence-electron chi connectivity index (χ4n) is 2.29. The van der Waals surface area contributed by atoms with Gasteiger partial charge < -0.3 is 9.88 Å². The lowest BCUT2D eigenvalue weighted by Gasteiger charge is -2.07. The van der Waals surface area contributed by atoms with E-state index in [0.717, 1.165) is 16.9 Å². The average Bonchev–Trinajstić information content (AvgIpc) is 2.92. The minimum atomic E-state index is -0.165. The molecule has 5 heteroatoms. The molecule has 1 aromatic carbocycles. The highest BCUT2D eigenvalue weighted by atomic mass is 16.1. The van der Waals surface area contributed by atoms with Crippen molar-refractivity contribution < 1.29 is 4.79 Å². The van der Waals surface area contributed by atoms with Crippen molar-refractivity contribution in [1.29, 1.82) is 0 Å². The Hall–Kier alpha value is -3.13. The highest BCUT2D eigenvalue weighted by Gasteiger charge is 2.11. The molecule has 0 saturated heterocycles. The number of hydrogen-bond acceptors (Lipinski definition) is 3. The molecule has 5 nitrogen and oxygen atoms in total. The number of amides is 1. The number of aromatic nitrogens is 3. The lowest BCUT2D eigenvalue weighted by atomic mass is 10.2. The number of fused-ring (bicyclic) bond motifs is 1. The lowest BCUT2D eigenvalue weighted by Crippen LogP contribution is -2.24. The molecule has 0 aliphatic heterocycles. The maximum atomic E-state index is 12.1. The molecule has 0 atom stereocenters. The summed E-state index contributed by atoms with van der Waals surface area (Å²) < 4.78 is 1.93. The number of nitrogens with zero attached hydrogens (tertiary/aromatic N) is 3. The van der Waals surface area contributed by atoms with Gasteiger partial charge in [-0.1, -0.05) is 18.1 Å². The minimum Gasteiger partial charge on any atom is -0.345 e. The molecule has 0 saturated carbocycles. The summed E-state index contributed by atoms with van der Waals surface area (Å²) in [6.07, 6.45) is 8.61. The van der Waals surface area contributed by atoms with E-state index in [1.54, 1.807) is 24.5 Å². The lowest BCUT2D eigenvalue weighted by molar-refractivity contribution is 0.0949. The van der Waals surface area contributed by atoms with Gasteiger partial charge >= 0.3 is 0 Å². The quantitative estimate of drug-likeness (QED) is 0.748. The zero-order valence-electron chi connectivity index (χ0n) is 11.9. The molecule has 3 aromatic rings. The molecule has 0 aliphatic rings. The molecule has 0 radical (unpaired) electrons. The van der Waals surface area contributed by atoms with Gasteiger partial charge in [0.25, 0.3) is 5.91 Å². The molecule has 0 fully saturated rings. The predicted molar refractivity (Wildman–Crippen MR) is 84.0 cm³/mol. The van der Waals surface area contributed by atoms with Crippen LogP contribution in [0.1, 0.15) is 16.2 Å². The van der Waals surface area contributed by atoms with Crippen LogP contribution >= 0.6 is 0 Å². The number of carbonyl (C=O) groups is 1. The van der Waals surface area contributed by atoms with E-state index in [1.165, 1.54) is 0 Å². The molecule has 2 aromatic heterocycles.